The summed E-state index contributed by atoms with van der Waals surface area (Å²) in [6.45, 7) is 7.13. The molecule has 1 saturated carbocycles. The van der Waals surface area contributed by atoms with Crippen LogP contribution in [-0.4, -0.2) is 18.1 Å². The lowest BCUT2D eigenvalue weighted by Gasteiger charge is -2.10. The van der Waals surface area contributed by atoms with Crippen LogP contribution in [0.4, 0.5) is 5.69 Å². The van der Waals surface area contributed by atoms with Crippen molar-refractivity contribution in [2.24, 2.45) is 0 Å². The van der Waals surface area contributed by atoms with Crippen LogP contribution in [0.2, 0.25) is 0 Å². The van der Waals surface area contributed by atoms with Crippen molar-refractivity contribution in [1.29, 1.82) is 0 Å². The third kappa shape index (κ3) is 2.50. The second-order valence-electron chi connectivity index (χ2n) is 5.03. The van der Waals surface area contributed by atoms with Crippen LogP contribution in [0.15, 0.2) is 36.4 Å². The van der Waals surface area contributed by atoms with Gasteiger partial charge in [0.15, 0.2) is 5.69 Å². The van der Waals surface area contributed by atoms with Crippen molar-refractivity contribution >= 4 is 11.7 Å². The average molecular weight is 278 g/mol. The Balaban J connectivity index is 2.12. The SMILES string of the molecule is [C-]#[N+]c1ccc(-c2ccccc2C2CC2)nc1C(=O)OC. The second kappa shape index (κ2) is 5.37. The molecule has 0 atom stereocenters. The van der Waals surface area contributed by atoms with Gasteiger partial charge in [0.2, 0.25) is 5.69 Å². The number of hydrogen-bond acceptors (Lipinski definition) is 3. The molecule has 4 heteroatoms. The fraction of sp³-hybridized carbons (Fsp3) is 0.235. The first-order valence-electron chi connectivity index (χ1n) is 6.80. The highest BCUT2D eigenvalue weighted by atomic mass is 16.5. The molecule has 1 fully saturated rings. The summed E-state index contributed by atoms with van der Waals surface area (Å²) >= 11 is 0. The standard InChI is InChI=1S/C17H14N2O2/c1-18-15-10-9-14(19-16(15)17(20)21-2)13-6-4-3-5-12(13)11-7-8-11/h3-6,9-11H,7-8H2,2H3. The van der Waals surface area contributed by atoms with E-state index in [0.29, 0.717) is 11.6 Å². The maximum Gasteiger partial charge on any atom is 0.345 e. The van der Waals surface area contributed by atoms with Crippen molar-refractivity contribution in [2.45, 2.75) is 18.8 Å². The summed E-state index contributed by atoms with van der Waals surface area (Å²) in [6, 6.07) is 11.5. The molecule has 0 N–H and O–H groups in total. The predicted molar refractivity (Wildman–Crippen MR) is 79.2 cm³/mol. The Morgan fingerprint density at radius 1 is 1.29 bits per heavy atom. The van der Waals surface area contributed by atoms with Gasteiger partial charge < -0.3 is 4.74 Å². The van der Waals surface area contributed by atoms with Gasteiger partial charge in [0, 0.05) is 5.56 Å². The molecule has 1 aliphatic carbocycles. The van der Waals surface area contributed by atoms with E-state index in [1.54, 1.807) is 12.1 Å². The zero-order valence-corrected chi connectivity index (χ0v) is 11.7. The van der Waals surface area contributed by atoms with Crippen molar-refractivity contribution in [1.82, 2.24) is 4.98 Å². The molecule has 0 radical (unpaired) electrons. The first-order chi connectivity index (χ1) is 10.2. The lowest BCUT2D eigenvalue weighted by atomic mass is 10.00. The van der Waals surface area contributed by atoms with Crippen LogP contribution in [0.3, 0.4) is 0 Å². The third-order valence-corrected chi connectivity index (χ3v) is 3.63. The zero-order valence-electron chi connectivity index (χ0n) is 11.7. The number of carbonyl (C=O) groups is 1. The Morgan fingerprint density at radius 2 is 2.05 bits per heavy atom. The van der Waals surface area contributed by atoms with E-state index in [1.807, 2.05) is 18.2 Å². The number of hydrogen-bond donors (Lipinski definition) is 0. The van der Waals surface area contributed by atoms with Gasteiger partial charge in [0.1, 0.15) is 0 Å². The molecule has 21 heavy (non-hydrogen) atoms. The number of nitrogens with zero attached hydrogens (tertiary/aromatic N) is 2. The van der Waals surface area contributed by atoms with Gasteiger partial charge in [-0.1, -0.05) is 30.3 Å². The monoisotopic (exact) mass is 278 g/mol. The summed E-state index contributed by atoms with van der Waals surface area (Å²) < 4.78 is 4.71. The normalized spacial score (nSPS) is 13.5. The van der Waals surface area contributed by atoms with Gasteiger partial charge in [-0.3, -0.25) is 4.98 Å². The van der Waals surface area contributed by atoms with E-state index >= 15 is 0 Å². The molecular formula is C17H14N2O2. The minimum atomic E-state index is -0.577. The minimum absolute atomic E-state index is 0.0793. The van der Waals surface area contributed by atoms with Gasteiger partial charge in [-0.15, -0.1) is 0 Å². The molecule has 104 valence electrons. The van der Waals surface area contributed by atoms with Gasteiger partial charge in [0.05, 0.1) is 19.4 Å². The number of ether oxygens (including phenoxy) is 1. The highest BCUT2D eigenvalue weighted by Gasteiger charge is 2.26. The summed E-state index contributed by atoms with van der Waals surface area (Å²) in [7, 11) is 1.29. The number of carbonyl (C=O) groups excluding carboxylic acids is 1. The molecule has 0 spiro atoms. The first kappa shape index (κ1) is 13.3. The molecule has 0 unspecified atom stereocenters. The fourth-order valence-electron chi connectivity index (χ4n) is 2.42. The molecule has 1 aromatic carbocycles. The number of esters is 1. The van der Waals surface area contributed by atoms with Gasteiger partial charge in [-0.25, -0.2) is 9.64 Å². The Labute approximate surface area is 123 Å². The molecule has 4 nitrogen and oxygen atoms in total. The topological polar surface area (TPSA) is 43.5 Å². The van der Waals surface area contributed by atoms with E-state index < -0.39 is 5.97 Å². The highest BCUT2D eigenvalue weighted by molar-refractivity contribution is 5.94. The van der Waals surface area contributed by atoms with Gasteiger partial charge >= 0.3 is 5.97 Å². The summed E-state index contributed by atoms with van der Waals surface area (Å²) in [6.07, 6.45) is 2.39. The van der Waals surface area contributed by atoms with E-state index in [4.69, 9.17) is 11.3 Å². The maximum absolute atomic E-state index is 11.8. The molecule has 0 amide bonds. The maximum atomic E-state index is 11.8. The first-order valence-corrected chi connectivity index (χ1v) is 6.80. The van der Waals surface area contributed by atoms with E-state index in [0.717, 1.165) is 5.56 Å². The Bertz CT molecular complexity index is 743. The summed E-state index contributed by atoms with van der Waals surface area (Å²) in [4.78, 5) is 19.5. The zero-order chi connectivity index (χ0) is 14.8. The van der Waals surface area contributed by atoms with E-state index in [-0.39, 0.29) is 11.4 Å². The van der Waals surface area contributed by atoms with Crippen LogP contribution >= 0.6 is 0 Å². The van der Waals surface area contributed by atoms with Crippen molar-refractivity contribution in [3.8, 4) is 11.3 Å². The molecule has 0 saturated heterocycles. The molecule has 3 rings (SSSR count). The Kier molecular flexibility index (Phi) is 3.41. The van der Waals surface area contributed by atoms with Crippen molar-refractivity contribution in [2.75, 3.05) is 7.11 Å². The predicted octanol–water partition coefficient (Wildman–Crippen LogP) is 3.96. The van der Waals surface area contributed by atoms with Crippen molar-refractivity contribution in [3.63, 3.8) is 0 Å². The molecule has 1 aliphatic rings. The number of rotatable bonds is 3. The molecule has 2 aromatic rings. The summed E-state index contributed by atoms with van der Waals surface area (Å²) in [5.41, 5.74) is 3.30. The van der Waals surface area contributed by atoms with Gasteiger partial charge in [-0.2, -0.15) is 0 Å². The third-order valence-electron chi connectivity index (χ3n) is 3.63. The second-order valence-corrected chi connectivity index (χ2v) is 5.03. The molecule has 0 aliphatic heterocycles. The van der Waals surface area contributed by atoms with E-state index in [9.17, 15) is 4.79 Å². The van der Waals surface area contributed by atoms with Crippen LogP contribution in [0.5, 0.6) is 0 Å². The summed E-state index contributed by atoms with van der Waals surface area (Å²) in [5, 5.41) is 0. The van der Waals surface area contributed by atoms with Gasteiger partial charge in [0.25, 0.3) is 0 Å². The van der Waals surface area contributed by atoms with Crippen LogP contribution in [0.1, 0.15) is 34.8 Å². The van der Waals surface area contributed by atoms with Crippen LogP contribution in [0, 0.1) is 6.57 Å². The van der Waals surface area contributed by atoms with Crippen molar-refractivity contribution in [3.05, 3.63) is 59.1 Å². The Hall–Kier alpha value is -2.67. The quantitative estimate of drug-likeness (QED) is 0.630. The number of aromatic nitrogens is 1. The number of benzene rings is 1. The largest absolute Gasteiger partial charge is 0.465 e. The number of pyridine rings is 1. The highest BCUT2D eigenvalue weighted by Crippen LogP contribution is 2.44. The van der Waals surface area contributed by atoms with Crippen molar-refractivity contribution < 1.29 is 9.53 Å². The van der Waals surface area contributed by atoms with Gasteiger partial charge in [-0.05, 0) is 30.4 Å². The smallest absolute Gasteiger partial charge is 0.345 e. The van der Waals surface area contributed by atoms with E-state index in [1.165, 1.54) is 25.5 Å². The lowest BCUT2D eigenvalue weighted by molar-refractivity contribution is 0.0595. The molecule has 1 heterocycles. The molecule has 0 bridgehead atoms. The van der Waals surface area contributed by atoms with Crippen LogP contribution in [0.25, 0.3) is 16.1 Å². The fourth-order valence-corrected chi connectivity index (χ4v) is 2.42. The van der Waals surface area contributed by atoms with E-state index in [2.05, 4.69) is 15.9 Å². The molecule has 1 aromatic heterocycles. The molecular weight excluding hydrogens is 264 g/mol. The Morgan fingerprint density at radius 3 is 2.71 bits per heavy atom. The average Bonchev–Trinajstić information content (AvgIpc) is 3.38. The minimum Gasteiger partial charge on any atom is -0.465 e. The number of methoxy groups -OCH3 is 1. The van der Waals surface area contributed by atoms with Crippen LogP contribution < -0.4 is 0 Å². The van der Waals surface area contributed by atoms with Crippen LogP contribution in [-0.2, 0) is 4.74 Å². The lowest BCUT2D eigenvalue weighted by Crippen LogP contribution is -2.05. The summed E-state index contributed by atoms with van der Waals surface area (Å²) in [5.74, 6) is 0.0110.